The Hall–Kier alpha value is -4.38. The summed E-state index contributed by atoms with van der Waals surface area (Å²) in [5.74, 6) is 1.24. The van der Waals surface area contributed by atoms with Gasteiger partial charge in [-0.15, -0.1) is 0 Å². The van der Waals surface area contributed by atoms with E-state index >= 15 is 0 Å². The number of aromatic nitrogens is 2. The van der Waals surface area contributed by atoms with Crippen LogP contribution >= 0.6 is 0 Å². The zero-order valence-corrected chi connectivity index (χ0v) is 22.5. The number of nitrogens with zero attached hydrogens (tertiary/aromatic N) is 3. The van der Waals surface area contributed by atoms with E-state index < -0.39 is 0 Å². The zero-order valence-electron chi connectivity index (χ0n) is 22.5. The van der Waals surface area contributed by atoms with Gasteiger partial charge in [0.1, 0.15) is 11.3 Å². The van der Waals surface area contributed by atoms with Gasteiger partial charge in [-0.1, -0.05) is 78.9 Å². The van der Waals surface area contributed by atoms with E-state index in [1.54, 1.807) is 0 Å². The molecule has 1 aliphatic heterocycles. The molecule has 6 rings (SSSR count). The van der Waals surface area contributed by atoms with Gasteiger partial charge in [0.2, 0.25) is 0 Å². The maximum atomic E-state index is 14.4. The topological polar surface area (TPSA) is 47.4 Å². The second kappa shape index (κ2) is 10.8. The van der Waals surface area contributed by atoms with E-state index in [0.29, 0.717) is 18.7 Å². The summed E-state index contributed by atoms with van der Waals surface area (Å²) in [5.41, 5.74) is 7.63. The van der Waals surface area contributed by atoms with Gasteiger partial charge in [0.25, 0.3) is 5.91 Å². The molecule has 0 N–H and O–H groups in total. The number of aryl methyl sites for hydroxylation is 2. The summed E-state index contributed by atoms with van der Waals surface area (Å²) in [4.78, 5) is 21.2. The Morgan fingerprint density at radius 1 is 0.923 bits per heavy atom. The van der Waals surface area contributed by atoms with Gasteiger partial charge in [0.05, 0.1) is 23.4 Å². The molecule has 3 aromatic carbocycles. The highest BCUT2D eigenvalue weighted by Crippen LogP contribution is 2.38. The molecule has 0 radical (unpaired) electrons. The number of hydrogen-bond donors (Lipinski definition) is 0. The molecule has 1 fully saturated rings. The van der Waals surface area contributed by atoms with Gasteiger partial charge >= 0.3 is 0 Å². The van der Waals surface area contributed by atoms with Crippen LogP contribution in [0.3, 0.4) is 0 Å². The molecule has 3 heterocycles. The number of likely N-dealkylation sites (tertiary alicyclic amines) is 1. The lowest BCUT2D eigenvalue weighted by atomic mass is 9.97. The van der Waals surface area contributed by atoms with Crippen LogP contribution < -0.4 is 4.74 Å². The zero-order chi connectivity index (χ0) is 26.8. The summed E-state index contributed by atoms with van der Waals surface area (Å²) in [6.07, 6.45) is 3.83. The van der Waals surface area contributed by atoms with E-state index in [1.165, 1.54) is 0 Å². The van der Waals surface area contributed by atoms with E-state index in [4.69, 9.17) is 9.72 Å². The van der Waals surface area contributed by atoms with Crippen LogP contribution in [0.1, 0.15) is 28.8 Å². The first-order chi connectivity index (χ1) is 19.1. The third-order valence-electron chi connectivity index (χ3n) is 7.79. The molecule has 1 unspecified atom stereocenters. The molecule has 0 spiro atoms. The van der Waals surface area contributed by atoms with Gasteiger partial charge in [0.15, 0.2) is 0 Å². The highest BCUT2D eigenvalue weighted by molar-refractivity contribution is 6.14. The Balaban J connectivity index is 1.38. The molecule has 1 atom stereocenters. The average molecular weight is 516 g/mol. The number of amides is 1. The van der Waals surface area contributed by atoms with E-state index in [0.717, 1.165) is 64.1 Å². The minimum atomic E-state index is 0.0396. The SMILES string of the molecule is Cc1ccccc1OCC1CCCN(C(=O)c2c(-c3ccccc3)n(C)c3c(-c4ccccc4)ccnc23)C1. The third kappa shape index (κ3) is 4.81. The number of fused-ring (bicyclic) bond motifs is 1. The van der Waals surface area contributed by atoms with Crippen LogP contribution in [0.2, 0.25) is 0 Å². The van der Waals surface area contributed by atoms with Crippen molar-refractivity contribution in [3.63, 3.8) is 0 Å². The Bertz CT molecular complexity index is 1610. The lowest BCUT2D eigenvalue weighted by Gasteiger charge is -2.33. The molecule has 196 valence electrons. The average Bonchev–Trinajstić information content (AvgIpc) is 3.29. The quantitative estimate of drug-likeness (QED) is 0.241. The van der Waals surface area contributed by atoms with Crippen molar-refractivity contribution in [2.24, 2.45) is 13.0 Å². The highest BCUT2D eigenvalue weighted by atomic mass is 16.5. The monoisotopic (exact) mass is 515 g/mol. The van der Waals surface area contributed by atoms with Gasteiger partial charge in [-0.25, -0.2) is 0 Å². The fourth-order valence-corrected chi connectivity index (χ4v) is 5.83. The number of carbonyl (C=O) groups is 1. The lowest BCUT2D eigenvalue weighted by Crippen LogP contribution is -2.41. The fourth-order valence-electron chi connectivity index (χ4n) is 5.83. The van der Waals surface area contributed by atoms with Gasteiger partial charge < -0.3 is 14.2 Å². The number of hydrogen-bond acceptors (Lipinski definition) is 3. The summed E-state index contributed by atoms with van der Waals surface area (Å²) in [5, 5.41) is 0. The predicted octanol–water partition coefficient (Wildman–Crippen LogP) is 7.15. The number of rotatable bonds is 6. The summed E-state index contributed by atoms with van der Waals surface area (Å²) in [6, 6.07) is 30.7. The second-order valence-corrected chi connectivity index (χ2v) is 10.4. The smallest absolute Gasteiger partial charge is 0.258 e. The maximum Gasteiger partial charge on any atom is 0.258 e. The molecule has 1 aliphatic rings. The van der Waals surface area contributed by atoms with Crippen molar-refractivity contribution in [2.75, 3.05) is 19.7 Å². The lowest BCUT2D eigenvalue weighted by molar-refractivity contribution is 0.0635. The Morgan fingerprint density at radius 3 is 2.36 bits per heavy atom. The standard InChI is InChI=1S/C34H33N3O2/c1-24-12-9-10-18-29(24)39-23-25-13-11-21-37(22-25)34(38)30-31-33(36(2)32(30)27-16-7-4-8-17-27)28(19-20-35-31)26-14-5-3-6-15-26/h3-10,12,14-20,25H,11,13,21-23H2,1-2H3. The van der Waals surface area contributed by atoms with Crippen molar-refractivity contribution >= 4 is 16.9 Å². The van der Waals surface area contributed by atoms with Gasteiger partial charge in [-0.3, -0.25) is 9.78 Å². The first-order valence-electron chi connectivity index (χ1n) is 13.7. The van der Waals surface area contributed by atoms with Crippen molar-refractivity contribution in [3.8, 4) is 28.1 Å². The third-order valence-corrected chi connectivity index (χ3v) is 7.79. The van der Waals surface area contributed by atoms with Crippen LogP contribution in [-0.4, -0.2) is 40.1 Å². The summed E-state index contributed by atoms with van der Waals surface area (Å²) in [6.45, 7) is 4.08. The fraction of sp³-hybridized carbons (Fsp3) is 0.235. The molecule has 5 heteroatoms. The minimum Gasteiger partial charge on any atom is -0.493 e. The number of ether oxygens (including phenoxy) is 1. The second-order valence-electron chi connectivity index (χ2n) is 10.4. The van der Waals surface area contributed by atoms with E-state index in [9.17, 15) is 4.79 Å². The highest BCUT2D eigenvalue weighted by Gasteiger charge is 2.31. The molecule has 0 saturated carbocycles. The first kappa shape index (κ1) is 24.9. The van der Waals surface area contributed by atoms with Gasteiger partial charge in [-0.2, -0.15) is 0 Å². The normalized spacial score (nSPS) is 15.4. The number of pyridine rings is 1. The van der Waals surface area contributed by atoms with Crippen molar-refractivity contribution in [3.05, 3.63) is 108 Å². The van der Waals surface area contributed by atoms with Gasteiger partial charge in [-0.05, 0) is 48.6 Å². The molecule has 5 nitrogen and oxygen atoms in total. The number of piperidine rings is 1. The first-order valence-corrected chi connectivity index (χ1v) is 13.7. The Kier molecular flexibility index (Phi) is 6.89. The van der Waals surface area contributed by atoms with Crippen molar-refractivity contribution in [2.45, 2.75) is 19.8 Å². The molecule has 2 aromatic heterocycles. The molecule has 1 amide bonds. The Labute approximate surface area is 229 Å². The summed E-state index contributed by atoms with van der Waals surface area (Å²) in [7, 11) is 2.05. The van der Waals surface area contributed by atoms with Crippen LogP contribution in [0.15, 0.2) is 97.2 Å². The van der Waals surface area contributed by atoms with Crippen molar-refractivity contribution in [1.82, 2.24) is 14.5 Å². The number of carbonyl (C=O) groups excluding carboxylic acids is 1. The predicted molar refractivity (Wildman–Crippen MR) is 157 cm³/mol. The molecule has 1 saturated heterocycles. The van der Waals surface area contributed by atoms with E-state index in [1.807, 2.05) is 78.8 Å². The molecule has 0 bridgehead atoms. The molecular formula is C34H33N3O2. The molecule has 0 aliphatic carbocycles. The number of benzene rings is 3. The molecular weight excluding hydrogens is 482 g/mol. The minimum absolute atomic E-state index is 0.0396. The number of para-hydroxylation sites is 1. The van der Waals surface area contributed by atoms with Crippen LogP contribution in [0.5, 0.6) is 5.75 Å². The summed E-state index contributed by atoms with van der Waals surface area (Å²) < 4.78 is 8.34. The van der Waals surface area contributed by atoms with Crippen LogP contribution in [0.4, 0.5) is 0 Å². The summed E-state index contributed by atoms with van der Waals surface area (Å²) >= 11 is 0. The van der Waals surface area contributed by atoms with E-state index in [-0.39, 0.29) is 11.8 Å². The molecule has 39 heavy (non-hydrogen) atoms. The Morgan fingerprint density at radius 2 is 1.62 bits per heavy atom. The molecule has 5 aromatic rings. The van der Waals surface area contributed by atoms with Crippen LogP contribution in [-0.2, 0) is 7.05 Å². The van der Waals surface area contributed by atoms with E-state index in [2.05, 4.69) is 41.8 Å². The van der Waals surface area contributed by atoms with Gasteiger partial charge in [0, 0.05) is 37.8 Å². The maximum absolute atomic E-state index is 14.4. The van der Waals surface area contributed by atoms with Crippen LogP contribution in [0.25, 0.3) is 33.4 Å². The largest absolute Gasteiger partial charge is 0.493 e. The van der Waals surface area contributed by atoms with Crippen molar-refractivity contribution < 1.29 is 9.53 Å². The van der Waals surface area contributed by atoms with Crippen molar-refractivity contribution in [1.29, 1.82) is 0 Å². The van der Waals surface area contributed by atoms with Crippen LogP contribution in [0, 0.1) is 12.8 Å².